The van der Waals surface area contributed by atoms with Crippen LogP contribution >= 0.6 is 0 Å². The molecule has 1 heteroatoms. The Labute approximate surface area is 73.2 Å². The van der Waals surface area contributed by atoms with Gasteiger partial charge in [-0.05, 0) is 18.9 Å². The maximum atomic E-state index is 4.28. The first-order chi connectivity index (χ1) is 5.83. The highest BCUT2D eigenvalue weighted by Crippen LogP contribution is 2.34. The van der Waals surface area contributed by atoms with Gasteiger partial charge >= 0.3 is 0 Å². The molecule has 1 aliphatic carbocycles. The highest BCUT2D eigenvalue weighted by Gasteiger charge is 2.19. The number of allylic oxidation sites excluding steroid dienone is 6. The molecule has 0 fully saturated rings. The molecule has 0 saturated carbocycles. The monoisotopic (exact) mass is 158 g/mol. The van der Waals surface area contributed by atoms with Gasteiger partial charge in [0.1, 0.15) is 0 Å². The van der Waals surface area contributed by atoms with Crippen LogP contribution in [0.5, 0.6) is 0 Å². The zero-order chi connectivity index (χ0) is 8.55. The molecule has 0 spiro atoms. The number of aliphatic imine (C=N–C) groups is 1. The van der Waals surface area contributed by atoms with Gasteiger partial charge in [0.2, 0.25) is 0 Å². The molecule has 0 unspecified atom stereocenters. The molecule has 1 nitrogen and oxygen atoms in total. The molecule has 0 aromatic heterocycles. The van der Waals surface area contributed by atoms with Crippen LogP contribution in [0.15, 0.2) is 39.6 Å². The number of hydrogen-bond donors (Lipinski definition) is 0. The van der Waals surface area contributed by atoms with Crippen molar-refractivity contribution >= 4 is 6.21 Å². The zero-order valence-corrected chi connectivity index (χ0v) is 7.52. The fraction of sp³-hybridized carbons (Fsp3) is 0.364. The lowest BCUT2D eigenvalue weighted by Crippen LogP contribution is -1.86. The van der Waals surface area contributed by atoms with Gasteiger partial charge in [0.25, 0.3) is 0 Å². The minimum atomic E-state index is 1.07. The van der Waals surface area contributed by atoms with Gasteiger partial charge in [-0.15, -0.1) is 0 Å². The summed E-state index contributed by atoms with van der Waals surface area (Å²) in [5, 5.41) is 0. The Morgan fingerprint density at radius 3 is 3.00 bits per heavy atom. The van der Waals surface area contributed by atoms with Crippen LogP contribution in [0.2, 0.25) is 0 Å². The third kappa shape index (κ3) is 0.970. The molecule has 0 aromatic carbocycles. The second-order valence-corrected chi connectivity index (χ2v) is 3.23. The van der Waals surface area contributed by atoms with Crippen LogP contribution < -0.4 is 0 Å². The van der Waals surface area contributed by atoms with Gasteiger partial charge in [0.15, 0.2) is 0 Å². The van der Waals surface area contributed by atoms with E-state index in [9.17, 15) is 0 Å². The fourth-order valence-electron chi connectivity index (χ4n) is 1.66. The summed E-state index contributed by atoms with van der Waals surface area (Å²) in [4.78, 5) is 4.28. The molecular weight excluding hydrogens is 146 g/mol. The van der Waals surface area contributed by atoms with Gasteiger partial charge in [0, 0.05) is 16.8 Å². The summed E-state index contributed by atoms with van der Waals surface area (Å²) in [5.74, 6) is 0. The summed E-state index contributed by atoms with van der Waals surface area (Å²) < 4.78 is 0. The van der Waals surface area contributed by atoms with Crippen LogP contribution in [0.1, 0.15) is 26.7 Å². The molecule has 0 bridgehead atoms. The van der Waals surface area contributed by atoms with Crippen LogP contribution in [0, 0.1) is 0 Å². The fourth-order valence-corrected chi connectivity index (χ4v) is 1.66. The Bertz CT molecular complexity index is 327. The summed E-state index contributed by atoms with van der Waals surface area (Å²) in [6, 6.07) is 0. The van der Waals surface area contributed by atoms with Crippen molar-refractivity contribution in [3.05, 3.63) is 34.6 Å². The molecule has 0 amide bonds. The Kier molecular flexibility index (Phi) is 1.72. The molecule has 1 heterocycles. The van der Waals surface area contributed by atoms with E-state index >= 15 is 0 Å². The number of rotatable bonds is 2. The lowest BCUT2D eigenvalue weighted by molar-refractivity contribution is 0.891. The van der Waals surface area contributed by atoms with Gasteiger partial charge in [0.05, 0.1) is 6.21 Å². The Morgan fingerprint density at radius 2 is 2.25 bits per heavy atom. The second kappa shape index (κ2) is 2.74. The van der Waals surface area contributed by atoms with Gasteiger partial charge in [-0.2, -0.15) is 0 Å². The molecule has 2 rings (SSSR count). The topological polar surface area (TPSA) is 12.4 Å². The Morgan fingerprint density at radius 1 is 1.42 bits per heavy atom. The highest BCUT2D eigenvalue weighted by molar-refractivity contribution is 5.93. The molecule has 1 radical (unpaired) electrons. The zero-order valence-electron chi connectivity index (χ0n) is 7.52. The van der Waals surface area contributed by atoms with Gasteiger partial charge in [-0.1, -0.05) is 25.5 Å². The molecule has 61 valence electrons. The van der Waals surface area contributed by atoms with Crippen molar-refractivity contribution in [2.45, 2.75) is 26.7 Å². The standard InChI is InChI=1S/C11H12N/c1-3-4-10-11-8(2)5-6-9(11)7-12-10/h5-6H,3-4H2,1-2H3. The average Bonchev–Trinajstić information content (AvgIpc) is 2.58. The van der Waals surface area contributed by atoms with Crippen molar-refractivity contribution in [1.82, 2.24) is 0 Å². The van der Waals surface area contributed by atoms with Crippen LogP contribution in [-0.4, -0.2) is 6.21 Å². The van der Waals surface area contributed by atoms with Gasteiger partial charge in [-0.3, -0.25) is 0 Å². The normalized spacial score (nSPS) is 19.8. The third-order valence-electron chi connectivity index (χ3n) is 2.25. The quantitative estimate of drug-likeness (QED) is 0.586. The van der Waals surface area contributed by atoms with Crippen molar-refractivity contribution in [2.75, 3.05) is 0 Å². The predicted molar refractivity (Wildman–Crippen MR) is 51.2 cm³/mol. The van der Waals surface area contributed by atoms with E-state index in [1.54, 1.807) is 0 Å². The van der Waals surface area contributed by atoms with Crippen molar-refractivity contribution in [3.63, 3.8) is 0 Å². The number of hydrogen-bond acceptors (Lipinski definition) is 1. The van der Waals surface area contributed by atoms with Gasteiger partial charge < -0.3 is 0 Å². The van der Waals surface area contributed by atoms with Crippen LogP contribution in [0.4, 0.5) is 0 Å². The summed E-state index contributed by atoms with van der Waals surface area (Å²) in [7, 11) is 0. The van der Waals surface area contributed by atoms with Crippen LogP contribution in [-0.2, 0) is 0 Å². The number of nitrogens with zero attached hydrogens (tertiary/aromatic N) is 1. The minimum absolute atomic E-state index is 1.07. The van der Waals surface area contributed by atoms with E-state index in [4.69, 9.17) is 0 Å². The Hall–Kier alpha value is -1.11. The molecule has 1 aliphatic heterocycles. The van der Waals surface area contributed by atoms with E-state index in [1.807, 2.05) is 0 Å². The van der Waals surface area contributed by atoms with E-state index < -0.39 is 0 Å². The van der Waals surface area contributed by atoms with Crippen molar-refractivity contribution in [1.29, 1.82) is 0 Å². The van der Waals surface area contributed by atoms with Crippen LogP contribution in [0.25, 0.3) is 0 Å². The van der Waals surface area contributed by atoms with Crippen molar-refractivity contribution in [2.24, 2.45) is 4.99 Å². The molecule has 0 atom stereocenters. The van der Waals surface area contributed by atoms with Crippen LogP contribution in [0.3, 0.4) is 0 Å². The van der Waals surface area contributed by atoms with Crippen molar-refractivity contribution in [3.8, 4) is 0 Å². The molecule has 0 aromatic rings. The van der Waals surface area contributed by atoms with E-state index in [1.165, 1.54) is 22.4 Å². The Balaban J connectivity index is 2.37. The summed E-state index contributed by atoms with van der Waals surface area (Å²) in [5.41, 5.74) is 5.06. The highest BCUT2D eigenvalue weighted by atomic mass is 14.8. The molecule has 0 saturated heterocycles. The van der Waals surface area contributed by atoms with Gasteiger partial charge in [-0.25, -0.2) is 4.99 Å². The molecular formula is C11H12N. The average molecular weight is 158 g/mol. The minimum Gasteiger partial charge on any atom is -0.250 e. The summed E-state index contributed by atoms with van der Waals surface area (Å²) in [6.45, 7) is 4.32. The first-order valence-electron chi connectivity index (χ1n) is 4.42. The largest absolute Gasteiger partial charge is 0.250 e. The lowest BCUT2D eigenvalue weighted by Gasteiger charge is -2.01. The third-order valence-corrected chi connectivity index (χ3v) is 2.25. The molecule has 0 N–H and O–H groups in total. The lowest BCUT2D eigenvalue weighted by atomic mass is 10.0. The molecule has 2 aliphatic rings. The number of fused-ring (bicyclic) bond motifs is 1. The summed E-state index contributed by atoms with van der Waals surface area (Å²) >= 11 is 0. The SMILES string of the molecule is CCCC1=C2C(C)=CC=C2[C]=N1. The van der Waals surface area contributed by atoms with E-state index in [2.05, 4.69) is 37.2 Å². The van der Waals surface area contributed by atoms with E-state index in [0.29, 0.717) is 0 Å². The maximum Gasteiger partial charge on any atom is 0.0975 e. The maximum absolute atomic E-state index is 4.28. The van der Waals surface area contributed by atoms with E-state index in [0.717, 1.165) is 12.8 Å². The first-order valence-corrected chi connectivity index (χ1v) is 4.42. The molecule has 12 heavy (non-hydrogen) atoms. The summed E-state index contributed by atoms with van der Waals surface area (Å²) in [6.07, 6.45) is 9.51. The predicted octanol–water partition coefficient (Wildman–Crippen LogP) is 2.89. The van der Waals surface area contributed by atoms with Crippen molar-refractivity contribution < 1.29 is 0 Å². The van der Waals surface area contributed by atoms with E-state index in [-0.39, 0.29) is 0 Å². The second-order valence-electron chi connectivity index (χ2n) is 3.23. The smallest absolute Gasteiger partial charge is 0.0975 e. The first kappa shape index (κ1) is 7.53.